The van der Waals surface area contributed by atoms with Gasteiger partial charge in [0.05, 0.1) is 34.1 Å². The average Bonchev–Trinajstić information content (AvgIpc) is 3.55. The van der Waals surface area contributed by atoms with E-state index < -0.39 is 0 Å². The Morgan fingerprint density at radius 2 is 2.03 bits per heavy atom. The maximum Gasteiger partial charge on any atom is 0.257 e. The quantitative estimate of drug-likeness (QED) is 0.407. The summed E-state index contributed by atoms with van der Waals surface area (Å²) in [5, 5.41) is 6.61. The Bertz CT molecular complexity index is 1240. The van der Waals surface area contributed by atoms with Crippen molar-refractivity contribution in [1.29, 1.82) is 0 Å². The Hall–Kier alpha value is -3.39. The van der Waals surface area contributed by atoms with Gasteiger partial charge in [-0.1, -0.05) is 26.0 Å². The second-order valence-corrected chi connectivity index (χ2v) is 9.47. The van der Waals surface area contributed by atoms with Crippen LogP contribution in [0.3, 0.4) is 0 Å². The Morgan fingerprint density at radius 3 is 2.79 bits per heavy atom. The largest absolute Gasteiger partial charge is 0.331 e. The van der Waals surface area contributed by atoms with Gasteiger partial charge in [0.25, 0.3) is 11.9 Å². The topological polar surface area (TPSA) is 76.8 Å². The first-order chi connectivity index (χ1) is 16.1. The van der Waals surface area contributed by atoms with Crippen LogP contribution in [0.25, 0.3) is 16.5 Å². The summed E-state index contributed by atoms with van der Waals surface area (Å²) >= 11 is 1.63. The molecule has 0 aliphatic carbocycles. The molecule has 5 rings (SSSR count). The highest BCUT2D eigenvalue weighted by Gasteiger charge is 2.32. The molecule has 4 aromatic heterocycles. The Kier molecular flexibility index (Phi) is 6.00. The molecule has 5 heterocycles. The molecule has 168 valence electrons. The first kappa shape index (κ1) is 21.5. The van der Waals surface area contributed by atoms with Gasteiger partial charge < -0.3 is 4.90 Å². The lowest BCUT2D eigenvalue weighted by Crippen LogP contribution is -2.39. The first-order valence-corrected chi connectivity index (χ1v) is 12.2. The van der Waals surface area contributed by atoms with Crippen LogP contribution >= 0.6 is 11.3 Å². The van der Waals surface area contributed by atoms with Gasteiger partial charge in [0, 0.05) is 25.1 Å². The highest BCUT2D eigenvalue weighted by atomic mass is 32.1. The number of piperidine rings is 1. The second-order valence-electron chi connectivity index (χ2n) is 8.53. The zero-order valence-corrected chi connectivity index (χ0v) is 19.6. The number of pyridine rings is 1. The number of aromatic nitrogens is 5. The molecule has 1 saturated heterocycles. The Balaban J connectivity index is 1.52. The molecule has 7 nitrogen and oxygen atoms in total. The number of nitrogens with zero attached hydrogens (tertiary/aromatic N) is 6. The van der Waals surface area contributed by atoms with Crippen LogP contribution in [0.15, 0.2) is 60.5 Å². The fourth-order valence-electron chi connectivity index (χ4n) is 4.50. The molecular formula is C25H26N6OS. The van der Waals surface area contributed by atoms with Crippen molar-refractivity contribution in [2.24, 2.45) is 0 Å². The van der Waals surface area contributed by atoms with E-state index in [4.69, 9.17) is 4.98 Å². The number of likely N-dealkylation sites (tertiary alicyclic amines) is 1. The lowest BCUT2D eigenvalue weighted by atomic mass is 9.95. The van der Waals surface area contributed by atoms with Crippen molar-refractivity contribution in [3.8, 4) is 16.5 Å². The minimum atomic E-state index is 0.00733. The summed E-state index contributed by atoms with van der Waals surface area (Å²) in [5.41, 5.74) is 3.38. The molecule has 4 aromatic rings. The van der Waals surface area contributed by atoms with E-state index in [9.17, 15) is 4.79 Å². The summed E-state index contributed by atoms with van der Waals surface area (Å²) in [6.45, 7) is 4.87. The third-order valence-electron chi connectivity index (χ3n) is 6.02. The number of carbonyl (C=O) groups is 1. The zero-order chi connectivity index (χ0) is 22.8. The van der Waals surface area contributed by atoms with Crippen LogP contribution in [0.4, 0.5) is 0 Å². The summed E-state index contributed by atoms with van der Waals surface area (Å²) < 4.78 is 1.72. The molecule has 1 unspecified atom stereocenters. The van der Waals surface area contributed by atoms with Crippen molar-refractivity contribution in [1.82, 2.24) is 29.6 Å². The van der Waals surface area contributed by atoms with Crippen LogP contribution in [-0.2, 0) is 0 Å². The van der Waals surface area contributed by atoms with Gasteiger partial charge in [0.2, 0.25) is 0 Å². The molecule has 0 saturated carbocycles. The van der Waals surface area contributed by atoms with Crippen molar-refractivity contribution < 1.29 is 4.79 Å². The van der Waals surface area contributed by atoms with E-state index in [1.165, 1.54) is 0 Å². The summed E-state index contributed by atoms with van der Waals surface area (Å²) in [6.07, 6.45) is 10.1. The van der Waals surface area contributed by atoms with E-state index in [0.717, 1.165) is 47.6 Å². The van der Waals surface area contributed by atoms with Gasteiger partial charge in [-0.15, -0.1) is 11.3 Å². The lowest BCUT2D eigenvalue weighted by Gasteiger charge is -2.36. The molecule has 0 aromatic carbocycles. The third kappa shape index (κ3) is 4.18. The molecule has 1 aliphatic heterocycles. The number of rotatable bonds is 5. The summed E-state index contributed by atoms with van der Waals surface area (Å²) in [5.74, 6) is 0.557. The fourth-order valence-corrected chi connectivity index (χ4v) is 5.19. The standard InChI is InChI=1S/C25H26N6OS/c1-17(2)23-19(24(32)30-13-4-3-8-21(30)18-7-5-11-26-15-18)16-28-31(23)25-27-12-10-20(29-25)22-9-6-14-33-22/h5-7,9-12,14-17,21H,3-4,8,13H2,1-2H3. The van der Waals surface area contributed by atoms with Crippen LogP contribution in [0.1, 0.15) is 66.7 Å². The zero-order valence-electron chi connectivity index (χ0n) is 18.8. The van der Waals surface area contributed by atoms with Crippen molar-refractivity contribution in [2.45, 2.75) is 45.1 Å². The normalized spacial score (nSPS) is 16.3. The monoisotopic (exact) mass is 458 g/mol. The predicted octanol–water partition coefficient (Wildman–Crippen LogP) is 5.28. The maximum absolute atomic E-state index is 13.8. The Labute approximate surface area is 197 Å². The van der Waals surface area contributed by atoms with E-state index in [1.54, 1.807) is 34.6 Å². The van der Waals surface area contributed by atoms with Crippen molar-refractivity contribution in [3.05, 3.63) is 77.3 Å². The summed E-state index contributed by atoms with van der Waals surface area (Å²) in [7, 11) is 0. The van der Waals surface area contributed by atoms with E-state index in [0.29, 0.717) is 11.5 Å². The molecule has 0 spiro atoms. The van der Waals surface area contributed by atoms with Gasteiger partial charge in [-0.05, 0) is 54.3 Å². The first-order valence-electron chi connectivity index (χ1n) is 11.3. The molecule has 0 radical (unpaired) electrons. The van der Waals surface area contributed by atoms with E-state index in [2.05, 4.69) is 35.0 Å². The minimum absolute atomic E-state index is 0.00733. The number of hydrogen-bond acceptors (Lipinski definition) is 6. The Morgan fingerprint density at radius 1 is 1.12 bits per heavy atom. The number of hydrogen-bond donors (Lipinski definition) is 0. The van der Waals surface area contributed by atoms with Gasteiger partial charge in [-0.2, -0.15) is 5.10 Å². The lowest BCUT2D eigenvalue weighted by molar-refractivity contribution is 0.0609. The number of thiophene rings is 1. The van der Waals surface area contributed by atoms with Crippen LogP contribution in [0.2, 0.25) is 0 Å². The van der Waals surface area contributed by atoms with Crippen molar-refractivity contribution >= 4 is 17.2 Å². The third-order valence-corrected chi connectivity index (χ3v) is 6.91. The number of carbonyl (C=O) groups excluding carboxylic acids is 1. The predicted molar refractivity (Wildman–Crippen MR) is 128 cm³/mol. The highest BCUT2D eigenvalue weighted by molar-refractivity contribution is 7.13. The van der Waals surface area contributed by atoms with Crippen LogP contribution in [0.5, 0.6) is 0 Å². The molecule has 1 amide bonds. The maximum atomic E-state index is 13.8. The van der Waals surface area contributed by atoms with E-state index in [1.807, 2.05) is 40.7 Å². The van der Waals surface area contributed by atoms with Crippen LogP contribution in [-0.4, -0.2) is 42.1 Å². The molecule has 0 N–H and O–H groups in total. The van der Waals surface area contributed by atoms with Crippen LogP contribution in [0, 0.1) is 0 Å². The molecule has 1 atom stereocenters. The number of amides is 1. The molecule has 0 bridgehead atoms. The molecule has 1 fully saturated rings. The molecule has 8 heteroatoms. The molecule has 33 heavy (non-hydrogen) atoms. The minimum Gasteiger partial charge on any atom is -0.331 e. The van der Waals surface area contributed by atoms with E-state index in [-0.39, 0.29) is 17.9 Å². The van der Waals surface area contributed by atoms with Crippen molar-refractivity contribution in [3.63, 3.8) is 0 Å². The smallest absolute Gasteiger partial charge is 0.257 e. The highest BCUT2D eigenvalue weighted by Crippen LogP contribution is 2.33. The fraction of sp³-hybridized carbons (Fsp3) is 0.320. The molecule has 1 aliphatic rings. The average molecular weight is 459 g/mol. The van der Waals surface area contributed by atoms with E-state index >= 15 is 0 Å². The van der Waals surface area contributed by atoms with Gasteiger partial charge in [-0.25, -0.2) is 14.6 Å². The molecular weight excluding hydrogens is 432 g/mol. The van der Waals surface area contributed by atoms with Gasteiger partial charge >= 0.3 is 0 Å². The van der Waals surface area contributed by atoms with Crippen LogP contribution < -0.4 is 0 Å². The van der Waals surface area contributed by atoms with Gasteiger partial charge in [0.1, 0.15) is 0 Å². The van der Waals surface area contributed by atoms with Crippen molar-refractivity contribution in [2.75, 3.05) is 6.54 Å². The van der Waals surface area contributed by atoms with Gasteiger partial charge in [-0.3, -0.25) is 9.78 Å². The summed E-state index contributed by atoms with van der Waals surface area (Å²) in [6, 6.07) is 9.95. The van der Waals surface area contributed by atoms with Gasteiger partial charge in [0.15, 0.2) is 0 Å². The SMILES string of the molecule is CC(C)c1c(C(=O)N2CCCCC2c2cccnc2)cnn1-c1nccc(-c2cccs2)n1. The second kappa shape index (κ2) is 9.23. The summed E-state index contributed by atoms with van der Waals surface area (Å²) in [4.78, 5) is 30.4.